The number of imide groups is 1. The molecule has 1 fully saturated rings. The van der Waals surface area contributed by atoms with Crippen LogP contribution in [0.5, 0.6) is 0 Å². The zero-order valence-corrected chi connectivity index (χ0v) is 9.79. The Hall–Kier alpha value is -0.975. The summed E-state index contributed by atoms with van der Waals surface area (Å²) < 4.78 is 0. The topological polar surface area (TPSA) is 63.7 Å². The molecule has 1 saturated heterocycles. The number of rotatable bonds is 5. The van der Waals surface area contributed by atoms with Gasteiger partial charge in [0.15, 0.2) is 0 Å². The first-order valence-electron chi connectivity index (χ1n) is 4.88. The first kappa shape index (κ1) is 13.1. The van der Waals surface area contributed by atoms with Crippen molar-refractivity contribution in [2.75, 3.05) is 12.0 Å². The van der Waals surface area contributed by atoms with Crippen LogP contribution in [0.15, 0.2) is 0 Å². The van der Waals surface area contributed by atoms with Gasteiger partial charge in [-0.05, 0) is 18.4 Å². The summed E-state index contributed by atoms with van der Waals surface area (Å²) >= 11 is 1.61. The lowest BCUT2D eigenvalue weighted by atomic mass is 9.86. The Balaban J connectivity index is 2.39. The molecule has 0 aromatic rings. The van der Waals surface area contributed by atoms with Crippen molar-refractivity contribution >= 4 is 37.4 Å². The second-order valence-corrected chi connectivity index (χ2v) is 4.38. The van der Waals surface area contributed by atoms with Crippen LogP contribution in [0.4, 0.5) is 0 Å². The molecule has 1 heterocycles. The molecule has 0 aromatic carbocycles. The van der Waals surface area contributed by atoms with E-state index < -0.39 is 23.6 Å². The van der Waals surface area contributed by atoms with E-state index in [9.17, 15) is 14.4 Å². The third-order valence-corrected chi connectivity index (χ3v) is 2.76. The Labute approximate surface area is 99.2 Å². The predicted octanol–water partition coefficient (Wildman–Crippen LogP) is 0.304. The molecule has 0 saturated carbocycles. The Morgan fingerprint density at radius 2 is 2.31 bits per heavy atom. The number of carbonyl (C=O) groups excluding carboxylic acids is 3. The van der Waals surface area contributed by atoms with Gasteiger partial charge in [-0.3, -0.25) is 9.59 Å². The molecular formula is C9H12BNO4S. The van der Waals surface area contributed by atoms with E-state index in [0.29, 0.717) is 11.5 Å². The molecule has 2 amide bonds. The summed E-state index contributed by atoms with van der Waals surface area (Å²) in [7, 11) is 5.35. The van der Waals surface area contributed by atoms with Crippen LogP contribution in [0.25, 0.3) is 0 Å². The molecule has 1 unspecified atom stereocenters. The van der Waals surface area contributed by atoms with E-state index in [-0.39, 0.29) is 12.8 Å². The fraction of sp³-hybridized carbons (Fsp3) is 0.667. The van der Waals surface area contributed by atoms with Crippen molar-refractivity contribution in [1.82, 2.24) is 5.06 Å². The molecule has 0 aromatic heterocycles. The maximum atomic E-state index is 11.3. The van der Waals surface area contributed by atoms with Crippen molar-refractivity contribution in [2.24, 2.45) is 0 Å². The Morgan fingerprint density at radius 3 is 2.81 bits per heavy atom. The van der Waals surface area contributed by atoms with Gasteiger partial charge in [0, 0.05) is 18.7 Å². The van der Waals surface area contributed by atoms with E-state index in [4.69, 9.17) is 7.85 Å². The average molecular weight is 241 g/mol. The highest BCUT2D eigenvalue weighted by Gasteiger charge is 2.38. The zero-order valence-electron chi connectivity index (χ0n) is 8.97. The smallest absolute Gasteiger partial charge is 0.330 e. The summed E-state index contributed by atoms with van der Waals surface area (Å²) in [4.78, 5) is 38.4. The summed E-state index contributed by atoms with van der Waals surface area (Å²) in [5.74, 6) is -1.84. The monoisotopic (exact) mass is 241 g/mol. The number of thioether (sulfide) groups is 1. The average Bonchev–Trinajstić information content (AvgIpc) is 2.46. The first-order valence-corrected chi connectivity index (χ1v) is 6.27. The van der Waals surface area contributed by atoms with Crippen LogP contribution in [0, 0.1) is 0 Å². The molecule has 0 bridgehead atoms. The third-order valence-electron chi connectivity index (χ3n) is 2.06. The Kier molecular flexibility index (Phi) is 4.85. The predicted molar refractivity (Wildman–Crippen MR) is 59.7 cm³/mol. The van der Waals surface area contributed by atoms with Crippen LogP contribution in [0.1, 0.15) is 19.3 Å². The Bertz CT molecular complexity index is 310. The van der Waals surface area contributed by atoms with Crippen molar-refractivity contribution in [1.29, 1.82) is 0 Å². The molecule has 86 valence electrons. The van der Waals surface area contributed by atoms with Crippen LogP contribution in [0.3, 0.4) is 0 Å². The van der Waals surface area contributed by atoms with E-state index in [1.165, 1.54) is 0 Å². The van der Waals surface area contributed by atoms with Gasteiger partial charge in [-0.25, -0.2) is 4.79 Å². The van der Waals surface area contributed by atoms with Crippen LogP contribution >= 0.6 is 11.8 Å². The SMILES string of the molecule is [B]C1CC(=O)N(OC(=O)CCCSC)C1=O. The van der Waals surface area contributed by atoms with Crippen molar-refractivity contribution in [3.8, 4) is 0 Å². The van der Waals surface area contributed by atoms with Gasteiger partial charge < -0.3 is 4.84 Å². The van der Waals surface area contributed by atoms with Crippen molar-refractivity contribution in [3.05, 3.63) is 0 Å². The third kappa shape index (κ3) is 3.26. The van der Waals surface area contributed by atoms with Gasteiger partial charge in [0.1, 0.15) is 0 Å². The van der Waals surface area contributed by atoms with Gasteiger partial charge in [-0.15, -0.1) is 5.06 Å². The second-order valence-electron chi connectivity index (χ2n) is 3.40. The molecular weight excluding hydrogens is 229 g/mol. The fourth-order valence-electron chi connectivity index (χ4n) is 1.24. The minimum atomic E-state index is -0.883. The number of hydroxylamine groups is 2. The summed E-state index contributed by atoms with van der Waals surface area (Å²) in [5.41, 5.74) is 0. The molecule has 1 atom stereocenters. The summed E-state index contributed by atoms with van der Waals surface area (Å²) in [5, 5.41) is 0.478. The maximum absolute atomic E-state index is 11.3. The molecule has 1 rings (SSSR count). The van der Waals surface area contributed by atoms with Crippen LogP contribution in [-0.4, -0.2) is 42.7 Å². The van der Waals surface area contributed by atoms with Crippen molar-refractivity contribution < 1.29 is 19.2 Å². The lowest BCUT2D eigenvalue weighted by Crippen LogP contribution is -2.32. The standard InChI is InChI=1S/C9H12BNO4S/c1-16-4-2-3-8(13)15-11-7(12)5-6(10)9(11)14/h6H,2-5H2,1H3. The zero-order chi connectivity index (χ0) is 12.1. The number of amides is 2. The maximum Gasteiger partial charge on any atom is 0.333 e. The second kappa shape index (κ2) is 5.93. The first-order chi connectivity index (χ1) is 7.56. The lowest BCUT2D eigenvalue weighted by Gasteiger charge is -2.12. The normalized spacial score (nSPS) is 20.3. The quantitative estimate of drug-likeness (QED) is 0.393. The number of nitrogens with zero attached hydrogens (tertiary/aromatic N) is 1. The van der Waals surface area contributed by atoms with E-state index in [1.807, 2.05) is 6.26 Å². The molecule has 1 aliphatic rings. The molecule has 2 radical (unpaired) electrons. The highest BCUT2D eigenvalue weighted by Crippen LogP contribution is 2.22. The minimum Gasteiger partial charge on any atom is -0.330 e. The van der Waals surface area contributed by atoms with Gasteiger partial charge >= 0.3 is 5.97 Å². The molecule has 1 aliphatic heterocycles. The molecule has 0 spiro atoms. The van der Waals surface area contributed by atoms with Gasteiger partial charge in [-0.2, -0.15) is 11.8 Å². The van der Waals surface area contributed by atoms with E-state index in [1.54, 1.807) is 11.8 Å². The van der Waals surface area contributed by atoms with E-state index in [2.05, 4.69) is 4.84 Å². The van der Waals surface area contributed by atoms with Crippen LogP contribution < -0.4 is 0 Å². The highest BCUT2D eigenvalue weighted by atomic mass is 32.2. The molecule has 7 heteroatoms. The molecule has 5 nitrogen and oxygen atoms in total. The van der Waals surface area contributed by atoms with E-state index >= 15 is 0 Å². The van der Waals surface area contributed by atoms with Gasteiger partial charge in [0.25, 0.3) is 11.8 Å². The summed E-state index contributed by atoms with van der Waals surface area (Å²) in [6.45, 7) is 0. The fourth-order valence-corrected chi connectivity index (χ4v) is 1.67. The number of carbonyl (C=O) groups is 3. The molecule has 16 heavy (non-hydrogen) atoms. The van der Waals surface area contributed by atoms with Gasteiger partial charge in [0.2, 0.25) is 0 Å². The van der Waals surface area contributed by atoms with Crippen LogP contribution in [0.2, 0.25) is 5.82 Å². The number of hydrogen-bond acceptors (Lipinski definition) is 5. The highest BCUT2D eigenvalue weighted by molar-refractivity contribution is 7.98. The summed E-state index contributed by atoms with van der Waals surface area (Å²) in [6, 6.07) is 0. The summed E-state index contributed by atoms with van der Waals surface area (Å²) in [6.07, 6.45) is 2.67. The Morgan fingerprint density at radius 1 is 1.62 bits per heavy atom. The molecule has 0 aliphatic carbocycles. The lowest BCUT2D eigenvalue weighted by molar-refractivity contribution is -0.197. The van der Waals surface area contributed by atoms with Gasteiger partial charge in [-0.1, -0.05) is 0 Å². The van der Waals surface area contributed by atoms with Crippen molar-refractivity contribution in [2.45, 2.75) is 25.1 Å². The van der Waals surface area contributed by atoms with Crippen molar-refractivity contribution in [3.63, 3.8) is 0 Å². The van der Waals surface area contributed by atoms with Gasteiger partial charge in [0.05, 0.1) is 7.85 Å². The largest absolute Gasteiger partial charge is 0.333 e. The molecule has 0 N–H and O–H groups in total. The minimum absolute atomic E-state index is 0.100. The van der Waals surface area contributed by atoms with Crippen LogP contribution in [-0.2, 0) is 19.2 Å². The van der Waals surface area contributed by atoms with E-state index in [0.717, 1.165) is 5.75 Å². The number of hydrogen-bond donors (Lipinski definition) is 0.